The molecule has 0 heterocycles. The molecule has 0 radical (unpaired) electrons. The predicted molar refractivity (Wildman–Crippen MR) is 132 cm³/mol. The number of nitrogens with one attached hydrogen (secondary N) is 2. The molecular formula is C27H41N3O4. The van der Waals surface area contributed by atoms with Crippen LogP contribution in [-0.4, -0.2) is 56.6 Å². The zero-order valence-corrected chi connectivity index (χ0v) is 21.0. The second kappa shape index (κ2) is 11.0. The summed E-state index contributed by atoms with van der Waals surface area (Å²) in [4.78, 5) is 27.8. The molecule has 0 aliphatic heterocycles. The molecular weight excluding hydrogens is 430 g/mol. The molecule has 34 heavy (non-hydrogen) atoms. The molecule has 4 saturated carbocycles. The van der Waals surface area contributed by atoms with Crippen molar-refractivity contribution >= 4 is 11.8 Å². The second-order valence-electron chi connectivity index (χ2n) is 10.5. The molecule has 0 spiro atoms. The largest absolute Gasteiger partial charge is 0.493 e. The highest BCUT2D eigenvalue weighted by Gasteiger charge is 2.54. The molecule has 1 aromatic carbocycles. The number of carbonyl (C=O) groups is 2. The van der Waals surface area contributed by atoms with Crippen molar-refractivity contribution in [2.75, 3.05) is 39.9 Å². The highest BCUT2D eigenvalue weighted by atomic mass is 16.5. The van der Waals surface area contributed by atoms with Gasteiger partial charge in [0, 0.05) is 18.5 Å². The molecule has 4 aliphatic carbocycles. The van der Waals surface area contributed by atoms with Gasteiger partial charge < -0.3 is 25.0 Å². The van der Waals surface area contributed by atoms with E-state index in [9.17, 15) is 9.59 Å². The average Bonchev–Trinajstić information content (AvgIpc) is 2.83. The maximum Gasteiger partial charge on any atom is 0.239 e. The van der Waals surface area contributed by atoms with Gasteiger partial charge in [0.15, 0.2) is 11.5 Å². The quantitative estimate of drug-likeness (QED) is 0.489. The van der Waals surface area contributed by atoms with Crippen molar-refractivity contribution in [3.63, 3.8) is 0 Å². The first-order valence-electron chi connectivity index (χ1n) is 13.0. The van der Waals surface area contributed by atoms with Crippen molar-refractivity contribution in [1.29, 1.82) is 0 Å². The van der Waals surface area contributed by atoms with E-state index in [1.807, 2.05) is 18.2 Å². The third-order valence-electron chi connectivity index (χ3n) is 8.21. The van der Waals surface area contributed by atoms with Crippen molar-refractivity contribution in [3.05, 3.63) is 23.8 Å². The summed E-state index contributed by atoms with van der Waals surface area (Å²) in [7, 11) is 1.62. The Bertz CT molecular complexity index is 832. The first-order chi connectivity index (χ1) is 16.4. The minimum Gasteiger partial charge on any atom is -0.493 e. The van der Waals surface area contributed by atoms with Gasteiger partial charge in [-0.25, -0.2) is 0 Å². The Morgan fingerprint density at radius 2 is 1.65 bits per heavy atom. The van der Waals surface area contributed by atoms with Crippen LogP contribution in [0.1, 0.15) is 57.9 Å². The van der Waals surface area contributed by atoms with E-state index in [2.05, 4.69) is 29.4 Å². The van der Waals surface area contributed by atoms with Gasteiger partial charge in [-0.2, -0.15) is 0 Å². The summed E-state index contributed by atoms with van der Waals surface area (Å²) >= 11 is 0. The van der Waals surface area contributed by atoms with Gasteiger partial charge in [-0.3, -0.25) is 9.59 Å². The number of amides is 2. The van der Waals surface area contributed by atoms with E-state index < -0.39 is 0 Å². The summed E-state index contributed by atoms with van der Waals surface area (Å²) in [5.74, 6) is 3.42. The minimum atomic E-state index is -0.219. The third kappa shape index (κ3) is 5.68. The van der Waals surface area contributed by atoms with Crippen molar-refractivity contribution in [3.8, 4) is 11.5 Å². The molecule has 2 N–H and O–H groups in total. The van der Waals surface area contributed by atoms with E-state index in [4.69, 9.17) is 9.47 Å². The SMILES string of the molecule is CCN(CC)CCOc1ccc(CNC(=O)CNC(=O)C23CC4CC(CC(C4)C2)C3)cc1OC. The second-order valence-corrected chi connectivity index (χ2v) is 10.5. The summed E-state index contributed by atoms with van der Waals surface area (Å²) in [6.07, 6.45) is 6.93. The zero-order chi connectivity index (χ0) is 24.1. The fraction of sp³-hybridized carbons (Fsp3) is 0.704. The third-order valence-corrected chi connectivity index (χ3v) is 8.21. The molecule has 4 aliphatic rings. The lowest BCUT2D eigenvalue weighted by Crippen LogP contribution is -2.54. The van der Waals surface area contributed by atoms with Crippen LogP contribution in [0.2, 0.25) is 0 Å². The lowest BCUT2D eigenvalue weighted by atomic mass is 9.49. The van der Waals surface area contributed by atoms with Crippen LogP contribution in [0.25, 0.3) is 0 Å². The standard InChI is InChI=1S/C27H41N3O4/c1-4-30(5-2)8-9-34-23-7-6-19(13-24(23)33-3)17-28-25(31)18-29-26(32)27-14-20-10-21(15-27)12-22(11-20)16-27/h6-7,13,20-22H,4-5,8-12,14-18H2,1-3H3,(H,28,31)(H,29,32). The molecule has 0 atom stereocenters. The molecule has 5 rings (SSSR count). The maximum absolute atomic E-state index is 13.0. The van der Waals surface area contributed by atoms with E-state index in [1.165, 1.54) is 19.3 Å². The van der Waals surface area contributed by atoms with Crippen LogP contribution < -0.4 is 20.1 Å². The number of carbonyl (C=O) groups excluding carboxylic acids is 2. The first kappa shape index (κ1) is 24.8. The van der Waals surface area contributed by atoms with Gasteiger partial charge >= 0.3 is 0 Å². The zero-order valence-electron chi connectivity index (χ0n) is 21.0. The molecule has 1 aromatic rings. The van der Waals surface area contributed by atoms with Gasteiger partial charge in [-0.05, 0) is 87.1 Å². The summed E-state index contributed by atoms with van der Waals surface area (Å²) in [6, 6.07) is 5.71. The van der Waals surface area contributed by atoms with Crippen molar-refractivity contribution in [1.82, 2.24) is 15.5 Å². The fourth-order valence-electron chi connectivity index (χ4n) is 6.77. The number of hydrogen-bond donors (Lipinski definition) is 2. The Balaban J connectivity index is 1.22. The summed E-state index contributed by atoms with van der Waals surface area (Å²) in [6.45, 7) is 8.15. The predicted octanol–water partition coefficient (Wildman–Crippen LogP) is 3.36. The van der Waals surface area contributed by atoms with Gasteiger partial charge in [0.1, 0.15) is 6.61 Å². The Kier molecular flexibility index (Phi) is 8.02. The van der Waals surface area contributed by atoms with Crippen LogP contribution in [-0.2, 0) is 16.1 Å². The van der Waals surface area contributed by atoms with Crippen LogP contribution in [0.5, 0.6) is 11.5 Å². The van der Waals surface area contributed by atoms with Gasteiger partial charge in [0.05, 0.1) is 13.7 Å². The van der Waals surface area contributed by atoms with Gasteiger partial charge in [-0.1, -0.05) is 19.9 Å². The number of hydrogen-bond acceptors (Lipinski definition) is 5. The molecule has 2 amide bonds. The molecule has 188 valence electrons. The number of methoxy groups -OCH3 is 1. The van der Waals surface area contributed by atoms with Gasteiger partial charge in [-0.15, -0.1) is 0 Å². The molecule has 4 bridgehead atoms. The summed E-state index contributed by atoms with van der Waals surface area (Å²) in [5.41, 5.74) is 0.706. The number of ether oxygens (including phenoxy) is 2. The topological polar surface area (TPSA) is 79.9 Å². The summed E-state index contributed by atoms with van der Waals surface area (Å²) in [5, 5.41) is 5.87. The van der Waals surface area contributed by atoms with Crippen LogP contribution >= 0.6 is 0 Å². The number of rotatable bonds is 12. The Morgan fingerprint density at radius 3 is 2.24 bits per heavy atom. The number of nitrogens with zero attached hydrogens (tertiary/aromatic N) is 1. The van der Waals surface area contributed by atoms with Crippen molar-refractivity contribution in [2.24, 2.45) is 23.2 Å². The molecule has 0 unspecified atom stereocenters. The Hall–Kier alpha value is -2.28. The smallest absolute Gasteiger partial charge is 0.239 e. The fourth-order valence-corrected chi connectivity index (χ4v) is 6.77. The lowest BCUT2D eigenvalue weighted by Gasteiger charge is -2.55. The summed E-state index contributed by atoms with van der Waals surface area (Å²) < 4.78 is 11.4. The van der Waals surface area contributed by atoms with Crippen LogP contribution in [0.4, 0.5) is 0 Å². The highest BCUT2D eigenvalue weighted by molar-refractivity contribution is 5.88. The van der Waals surface area contributed by atoms with E-state index >= 15 is 0 Å². The van der Waals surface area contributed by atoms with E-state index in [1.54, 1.807) is 7.11 Å². The van der Waals surface area contributed by atoms with Gasteiger partial charge in [0.25, 0.3) is 0 Å². The monoisotopic (exact) mass is 471 g/mol. The Morgan fingerprint density at radius 1 is 1.00 bits per heavy atom. The average molecular weight is 472 g/mol. The van der Waals surface area contributed by atoms with Crippen LogP contribution in [0, 0.1) is 23.2 Å². The number of benzene rings is 1. The minimum absolute atomic E-state index is 0.0320. The highest BCUT2D eigenvalue weighted by Crippen LogP contribution is 2.60. The lowest BCUT2D eigenvalue weighted by molar-refractivity contribution is -0.147. The molecule has 0 saturated heterocycles. The van der Waals surface area contributed by atoms with Gasteiger partial charge in [0.2, 0.25) is 11.8 Å². The van der Waals surface area contributed by atoms with Crippen LogP contribution in [0.15, 0.2) is 18.2 Å². The molecule has 4 fully saturated rings. The molecule has 7 nitrogen and oxygen atoms in total. The number of likely N-dealkylation sites (N-methyl/N-ethyl adjacent to an activating group) is 1. The maximum atomic E-state index is 13.0. The van der Waals surface area contributed by atoms with Crippen molar-refractivity contribution in [2.45, 2.75) is 58.9 Å². The normalized spacial score (nSPS) is 27.0. The van der Waals surface area contributed by atoms with E-state index in [0.29, 0.717) is 42.4 Å². The molecule has 7 heteroatoms. The van der Waals surface area contributed by atoms with Crippen molar-refractivity contribution < 1.29 is 19.1 Å². The van der Waals surface area contributed by atoms with E-state index in [0.717, 1.165) is 44.5 Å². The first-order valence-corrected chi connectivity index (χ1v) is 13.0. The van der Waals surface area contributed by atoms with Crippen LogP contribution in [0.3, 0.4) is 0 Å². The molecule has 0 aromatic heterocycles. The van der Waals surface area contributed by atoms with E-state index in [-0.39, 0.29) is 23.8 Å². The Labute approximate surface area is 203 Å².